The summed E-state index contributed by atoms with van der Waals surface area (Å²) in [7, 11) is 0. The molecule has 0 aliphatic carbocycles. The van der Waals surface area contributed by atoms with E-state index in [2.05, 4.69) is 10.6 Å². The number of nitrogens with one attached hydrogen (secondary N) is 2. The number of ether oxygens (including phenoxy) is 1. The standard InChI is InChI=1S/C18H25N3O6/c1-11(2)19-18(25)20-15(22)12(3)27-17(24)13-6-8-21(9-7-13)16(23)14-5-4-10-26-14/h4-5,10-13H,6-9H2,1-3H3,(H2,19,20,22,25). The number of urea groups is 1. The van der Waals surface area contributed by atoms with Gasteiger partial charge in [-0.25, -0.2) is 4.79 Å². The van der Waals surface area contributed by atoms with Crippen LogP contribution in [-0.4, -0.2) is 54.0 Å². The van der Waals surface area contributed by atoms with Crippen molar-refractivity contribution < 1.29 is 28.3 Å². The molecular weight excluding hydrogens is 354 g/mol. The van der Waals surface area contributed by atoms with Gasteiger partial charge < -0.3 is 19.4 Å². The molecule has 2 rings (SSSR count). The fraction of sp³-hybridized carbons (Fsp3) is 0.556. The minimum atomic E-state index is -1.09. The molecule has 0 spiro atoms. The number of furan rings is 1. The van der Waals surface area contributed by atoms with Crippen LogP contribution < -0.4 is 10.6 Å². The van der Waals surface area contributed by atoms with Crippen molar-refractivity contribution in [2.45, 2.75) is 45.8 Å². The minimum absolute atomic E-state index is 0.121. The number of esters is 1. The highest BCUT2D eigenvalue weighted by molar-refractivity contribution is 5.97. The fourth-order valence-electron chi connectivity index (χ4n) is 2.71. The van der Waals surface area contributed by atoms with Gasteiger partial charge >= 0.3 is 12.0 Å². The van der Waals surface area contributed by atoms with Gasteiger partial charge in [0.05, 0.1) is 12.2 Å². The van der Waals surface area contributed by atoms with Gasteiger partial charge in [-0.3, -0.25) is 19.7 Å². The Labute approximate surface area is 157 Å². The highest BCUT2D eigenvalue weighted by Crippen LogP contribution is 2.21. The van der Waals surface area contributed by atoms with Crippen molar-refractivity contribution in [2.75, 3.05) is 13.1 Å². The highest BCUT2D eigenvalue weighted by atomic mass is 16.5. The Morgan fingerprint density at radius 3 is 2.41 bits per heavy atom. The molecule has 1 aliphatic rings. The number of hydrogen-bond donors (Lipinski definition) is 2. The van der Waals surface area contributed by atoms with Gasteiger partial charge in [-0.05, 0) is 45.7 Å². The van der Waals surface area contributed by atoms with Crippen LogP contribution in [-0.2, 0) is 14.3 Å². The number of imide groups is 1. The summed E-state index contributed by atoms with van der Waals surface area (Å²) in [6.45, 7) is 5.73. The summed E-state index contributed by atoms with van der Waals surface area (Å²) in [6.07, 6.45) is 1.23. The maximum atomic E-state index is 12.3. The van der Waals surface area contributed by atoms with Crippen LogP contribution in [0.15, 0.2) is 22.8 Å². The van der Waals surface area contributed by atoms with Crippen LogP contribution in [0.4, 0.5) is 4.79 Å². The molecule has 27 heavy (non-hydrogen) atoms. The third-order valence-electron chi connectivity index (χ3n) is 4.17. The molecule has 9 heteroatoms. The van der Waals surface area contributed by atoms with Crippen molar-refractivity contribution in [3.05, 3.63) is 24.2 Å². The van der Waals surface area contributed by atoms with Gasteiger partial charge in [0.15, 0.2) is 11.9 Å². The number of amides is 4. The first-order valence-electron chi connectivity index (χ1n) is 8.92. The Morgan fingerprint density at radius 1 is 1.19 bits per heavy atom. The maximum Gasteiger partial charge on any atom is 0.321 e. The largest absolute Gasteiger partial charge is 0.459 e. The van der Waals surface area contributed by atoms with E-state index in [1.165, 1.54) is 13.2 Å². The molecule has 1 saturated heterocycles. The second kappa shape index (κ2) is 9.20. The summed E-state index contributed by atoms with van der Waals surface area (Å²) < 4.78 is 10.3. The zero-order valence-electron chi connectivity index (χ0n) is 15.7. The highest BCUT2D eigenvalue weighted by Gasteiger charge is 2.31. The molecule has 0 radical (unpaired) electrons. The van der Waals surface area contributed by atoms with E-state index >= 15 is 0 Å². The summed E-state index contributed by atoms with van der Waals surface area (Å²) >= 11 is 0. The first-order chi connectivity index (χ1) is 12.8. The Hall–Kier alpha value is -2.84. The molecule has 1 aliphatic heterocycles. The second-order valence-corrected chi connectivity index (χ2v) is 6.74. The van der Waals surface area contributed by atoms with Crippen molar-refractivity contribution in [3.63, 3.8) is 0 Å². The van der Waals surface area contributed by atoms with Gasteiger partial charge in [-0.1, -0.05) is 0 Å². The molecule has 1 atom stereocenters. The van der Waals surface area contributed by atoms with Crippen molar-refractivity contribution in [3.8, 4) is 0 Å². The average Bonchev–Trinajstić information content (AvgIpc) is 3.14. The van der Waals surface area contributed by atoms with Gasteiger partial charge in [0, 0.05) is 19.1 Å². The van der Waals surface area contributed by atoms with E-state index in [0.29, 0.717) is 25.9 Å². The lowest BCUT2D eigenvalue weighted by Crippen LogP contribution is -2.47. The molecule has 0 aromatic carbocycles. The van der Waals surface area contributed by atoms with E-state index in [1.54, 1.807) is 30.9 Å². The number of hydrogen-bond acceptors (Lipinski definition) is 6. The van der Waals surface area contributed by atoms with Crippen molar-refractivity contribution in [1.82, 2.24) is 15.5 Å². The monoisotopic (exact) mass is 379 g/mol. The zero-order valence-corrected chi connectivity index (χ0v) is 15.7. The smallest absolute Gasteiger partial charge is 0.321 e. The predicted octanol–water partition coefficient (Wildman–Crippen LogP) is 1.30. The van der Waals surface area contributed by atoms with Crippen LogP contribution in [0.2, 0.25) is 0 Å². The van der Waals surface area contributed by atoms with Crippen LogP contribution in [0.1, 0.15) is 44.2 Å². The molecule has 148 valence electrons. The van der Waals surface area contributed by atoms with E-state index in [4.69, 9.17) is 9.15 Å². The summed E-state index contributed by atoms with van der Waals surface area (Å²) in [4.78, 5) is 49.5. The molecule has 2 N–H and O–H groups in total. The van der Waals surface area contributed by atoms with Gasteiger partial charge in [-0.15, -0.1) is 0 Å². The lowest BCUT2D eigenvalue weighted by molar-refractivity contribution is -0.159. The van der Waals surface area contributed by atoms with Gasteiger partial charge in [0.2, 0.25) is 0 Å². The van der Waals surface area contributed by atoms with Crippen molar-refractivity contribution in [2.24, 2.45) is 5.92 Å². The summed E-state index contributed by atoms with van der Waals surface area (Å²) in [5, 5.41) is 4.64. The van der Waals surface area contributed by atoms with Crippen molar-refractivity contribution >= 4 is 23.8 Å². The second-order valence-electron chi connectivity index (χ2n) is 6.74. The molecule has 1 aromatic rings. The SMILES string of the molecule is CC(C)NC(=O)NC(=O)C(C)OC(=O)C1CCN(C(=O)c2ccco2)CC1. The molecule has 1 fully saturated rings. The topological polar surface area (TPSA) is 118 Å². The van der Waals surface area contributed by atoms with E-state index in [0.717, 1.165) is 0 Å². The molecular formula is C18H25N3O6. The third kappa shape index (κ3) is 5.83. The lowest BCUT2D eigenvalue weighted by Gasteiger charge is -2.30. The number of piperidine rings is 1. The first kappa shape index (κ1) is 20.5. The molecule has 2 heterocycles. The first-order valence-corrected chi connectivity index (χ1v) is 8.92. The number of carbonyl (C=O) groups is 4. The molecule has 4 amide bonds. The number of nitrogens with zero attached hydrogens (tertiary/aromatic N) is 1. The van der Waals surface area contributed by atoms with Crippen LogP contribution in [0, 0.1) is 5.92 Å². The fourth-order valence-corrected chi connectivity index (χ4v) is 2.71. The maximum absolute atomic E-state index is 12.3. The molecule has 1 aromatic heterocycles. The molecule has 0 bridgehead atoms. The van der Waals surface area contributed by atoms with Crippen LogP contribution in [0.5, 0.6) is 0 Å². The Bertz CT molecular complexity index is 677. The third-order valence-corrected chi connectivity index (χ3v) is 4.17. The summed E-state index contributed by atoms with van der Waals surface area (Å²) in [5.74, 6) is -1.54. The Morgan fingerprint density at radius 2 is 1.85 bits per heavy atom. The van der Waals surface area contributed by atoms with Crippen molar-refractivity contribution in [1.29, 1.82) is 0 Å². The quantitative estimate of drug-likeness (QED) is 0.745. The summed E-state index contributed by atoms with van der Waals surface area (Å²) in [5.41, 5.74) is 0. The Balaban J connectivity index is 1.77. The number of carbonyl (C=O) groups excluding carboxylic acids is 4. The average molecular weight is 379 g/mol. The van der Waals surface area contributed by atoms with Crippen LogP contribution >= 0.6 is 0 Å². The number of rotatable bonds is 5. The van der Waals surface area contributed by atoms with Gasteiger partial charge in [0.25, 0.3) is 11.8 Å². The lowest BCUT2D eigenvalue weighted by atomic mass is 9.97. The normalized spacial score (nSPS) is 15.9. The van der Waals surface area contributed by atoms with E-state index in [9.17, 15) is 19.2 Å². The molecule has 9 nitrogen and oxygen atoms in total. The van der Waals surface area contributed by atoms with E-state index in [-0.39, 0.29) is 17.7 Å². The number of likely N-dealkylation sites (tertiary alicyclic amines) is 1. The predicted molar refractivity (Wildman–Crippen MR) is 94.7 cm³/mol. The molecule has 1 unspecified atom stereocenters. The van der Waals surface area contributed by atoms with E-state index in [1.807, 2.05) is 0 Å². The molecule has 0 saturated carbocycles. The van der Waals surface area contributed by atoms with Crippen LogP contribution in [0.3, 0.4) is 0 Å². The van der Waals surface area contributed by atoms with Crippen LogP contribution in [0.25, 0.3) is 0 Å². The van der Waals surface area contributed by atoms with Gasteiger partial charge in [0.1, 0.15) is 0 Å². The Kier molecular flexibility index (Phi) is 6.98. The minimum Gasteiger partial charge on any atom is -0.459 e. The summed E-state index contributed by atoms with van der Waals surface area (Å²) in [6, 6.07) is 2.48. The van der Waals surface area contributed by atoms with E-state index < -0.39 is 29.9 Å². The van der Waals surface area contributed by atoms with Gasteiger partial charge in [-0.2, -0.15) is 0 Å². The zero-order chi connectivity index (χ0) is 20.0.